The Bertz CT molecular complexity index is 647. The van der Waals surface area contributed by atoms with Gasteiger partial charge in [0.2, 0.25) is 0 Å². The Kier molecular flexibility index (Phi) is 4.85. The fraction of sp³-hybridized carbons (Fsp3) is 0.429. The predicted molar refractivity (Wildman–Crippen MR) is 80.5 cm³/mol. The first-order chi connectivity index (χ1) is 10.0. The van der Waals surface area contributed by atoms with Gasteiger partial charge in [-0.15, -0.1) is 11.3 Å². The van der Waals surface area contributed by atoms with Crippen LogP contribution in [0.4, 0.5) is 0 Å². The van der Waals surface area contributed by atoms with E-state index in [9.17, 15) is 9.59 Å². The first-order valence-electron chi connectivity index (χ1n) is 6.82. The number of hydrogen-bond acceptors (Lipinski definition) is 5. The van der Waals surface area contributed by atoms with Gasteiger partial charge in [0.25, 0.3) is 5.91 Å². The molecule has 2 aromatic heterocycles. The highest BCUT2D eigenvalue weighted by Crippen LogP contribution is 2.18. The van der Waals surface area contributed by atoms with Gasteiger partial charge in [0.05, 0.1) is 15.8 Å². The highest BCUT2D eigenvalue weighted by atomic mass is 32.1. The minimum atomic E-state index is -0.241. The van der Waals surface area contributed by atoms with E-state index in [1.54, 1.807) is 16.8 Å². The summed E-state index contributed by atoms with van der Waals surface area (Å²) in [6.07, 6.45) is 2.44. The van der Waals surface area contributed by atoms with Crippen molar-refractivity contribution in [2.75, 3.05) is 0 Å². The molecule has 0 aliphatic rings. The number of carbonyl (C=O) groups excluding carboxylic acids is 2. The van der Waals surface area contributed by atoms with E-state index in [1.165, 1.54) is 24.6 Å². The zero-order chi connectivity index (χ0) is 15.4. The molecule has 1 amide bonds. The SMILES string of the molecule is CCCn1ncnc1[C@@H](C)NC(=O)c1ccc(C(C)=O)s1. The van der Waals surface area contributed by atoms with E-state index < -0.39 is 0 Å². The Labute approximate surface area is 127 Å². The summed E-state index contributed by atoms with van der Waals surface area (Å²) in [4.78, 5) is 28.8. The van der Waals surface area contributed by atoms with Crippen molar-refractivity contribution in [3.8, 4) is 0 Å². The van der Waals surface area contributed by atoms with Gasteiger partial charge in [0.1, 0.15) is 12.2 Å². The van der Waals surface area contributed by atoms with Gasteiger partial charge >= 0.3 is 0 Å². The van der Waals surface area contributed by atoms with Crippen LogP contribution in [0.15, 0.2) is 18.5 Å². The second-order valence-electron chi connectivity index (χ2n) is 4.76. The number of thiophene rings is 1. The average Bonchev–Trinajstić information content (AvgIpc) is 3.07. The van der Waals surface area contributed by atoms with Crippen molar-refractivity contribution in [3.05, 3.63) is 34.0 Å². The van der Waals surface area contributed by atoms with Gasteiger partial charge in [-0.25, -0.2) is 9.67 Å². The lowest BCUT2D eigenvalue weighted by atomic mass is 10.3. The molecule has 21 heavy (non-hydrogen) atoms. The van der Waals surface area contributed by atoms with Crippen molar-refractivity contribution in [1.29, 1.82) is 0 Å². The van der Waals surface area contributed by atoms with Gasteiger partial charge in [0.15, 0.2) is 5.78 Å². The van der Waals surface area contributed by atoms with Crippen molar-refractivity contribution in [1.82, 2.24) is 20.1 Å². The second kappa shape index (κ2) is 6.62. The van der Waals surface area contributed by atoms with Crippen LogP contribution in [0.1, 0.15) is 58.4 Å². The molecule has 2 heterocycles. The van der Waals surface area contributed by atoms with Crippen LogP contribution in [0.5, 0.6) is 0 Å². The third-order valence-electron chi connectivity index (χ3n) is 2.99. The summed E-state index contributed by atoms with van der Waals surface area (Å²) in [6.45, 7) is 6.18. The largest absolute Gasteiger partial charge is 0.342 e. The lowest BCUT2D eigenvalue weighted by molar-refractivity contribution is 0.0941. The summed E-state index contributed by atoms with van der Waals surface area (Å²) in [7, 11) is 0. The first-order valence-corrected chi connectivity index (χ1v) is 7.64. The molecule has 1 atom stereocenters. The van der Waals surface area contributed by atoms with Crippen molar-refractivity contribution in [2.24, 2.45) is 0 Å². The minimum absolute atomic E-state index is 0.0326. The molecule has 112 valence electrons. The molecule has 6 nitrogen and oxygen atoms in total. The van der Waals surface area contributed by atoms with Crippen LogP contribution >= 0.6 is 11.3 Å². The van der Waals surface area contributed by atoms with Gasteiger partial charge in [-0.3, -0.25) is 9.59 Å². The number of hydrogen-bond donors (Lipinski definition) is 1. The maximum Gasteiger partial charge on any atom is 0.261 e. The molecule has 0 bridgehead atoms. The van der Waals surface area contributed by atoms with Gasteiger partial charge in [-0.2, -0.15) is 5.10 Å². The summed E-state index contributed by atoms with van der Waals surface area (Å²) < 4.78 is 1.79. The van der Waals surface area contributed by atoms with Crippen LogP contribution in [-0.2, 0) is 6.54 Å². The fourth-order valence-corrected chi connectivity index (χ4v) is 2.78. The lowest BCUT2D eigenvalue weighted by Crippen LogP contribution is -2.28. The number of amides is 1. The lowest BCUT2D eigenvalue weighted by Gasteiger charge is -2.13. The van der Waals surface area contributed by atoms with Gasteiger partial charge < -0.3 is 5.32 Å². The maximum atomic E-state index is 12.2. The standard InChI is InChI=1S/C14H18N4O2S/c1-4-7-18-13(15-8-16-18)9(2)17-14(20)12-6-5-11(21-12)10(3)19/h5-6,8-9H,4,7H2,1-3H3,(H,17,20)/t9-/m1/s1. The topological polar surface area (TPSA) is 76.9 Å². The fourth-order valence-electron chi connectivity index (χ4n) is 1.97. The molecular weight excluding hydrogens is 288 g/mol. The molecular formula is C14H18N4O2S. The van der Waals surface area contributed by atoms with Gasteiger partial charge in [-0.1, -0.05) is 6.92 Å². The Morgan fingerprint density at radius 3 is 2.71 bits per heavy atom. The molecule has 0 spiro atoms. The Morgan fingerprint density at radius 1 is 1.38 bits per heavy atom. The number of aromatic nitrogens is 3. The molecule has 2 rings (SSSR count). The summed E-state index contributed by atoms with van der Waals surface area (Å²) in [6, 6.07) is 3.10. The molecule has 1 N–H and O–H groups in total. The molecule has 0 saturated heterocycles. The van der Waals surface area contributed by atoms with E-state index in [2.05, 4.69) is 22.3 Å². The summed E-state index contributed by atoms with van der Waals surface area (Å²) in [5.41, 5.74) is 0. The van der Waals surface area contributed by atoms with Crippen molar-refractivity contribution < 1.29 is 9.59 Å². The van der Waals surface area contributed by atoms with Crippen LogP contribution in [0.3, 0.4) is 0 Å². The Morgan fingerprint density at radius 2 is 2.10 bits per heavy atom. The number of carbonyl (C=O) groups is 2. The van der Waals surface area contributed by atoms with E-state index in [1.807, 2.05) is 6.92 Å². The van der Waals surface area contributed by atoms with E-state index in [0.29, 0.717) is 9.75 Å². The quantitative estimate of drug-likeness (QED) is 0.832. The maximum absolute atomic E-state index is 12.2. The number of Topliss-reactive ketones (excluding diaryl/α,β-unsaturated/α-hetero) is 1. The normalized spacial score (nSPS) is 12.1. The number of aryl methyl sites for hydroxylation is 1. The molecule has 0 saturated carbocycles. The Hall–Kier alpha value is -2.02. The molecule has 0 radical (unpaired) electrons. The van der Waals surface area contributed by atoms with Crippen LogP contribution in [-0.4, -0.2) is 26.5 Å². The molecule has 0 aliphatic carbocycles. The summed E-state index contributed by atoms with van der Waals surface area (Å²) in [5.74, 6) is 0.495. The zero-order valence-corrected chi connectivity index (χ0v) is 13.1. The molecule has 0 fully saturated rings. The van der Waals surface area contributed by atoms with Crippen molar-refractivity contribution in [3.63, 3.8) is 0 Å². The van der Waals surface area contributed by atoms with Crippen molar-refractivity contribution >= 4 is 23.0 Å². The second-order valence-corrected chi connectivity index (χ2v) is 5.84. The van der Waals surface area contributed by atoms with Crippen LogP contribution in [0.2, 0.25) is 0 Å². The van der Waals surface area contributed by atoms with Gasteiger partial charge in [-0.05, 0) is 32.4 Å². The van der Waals surface area contributed by atoms with E-state index in [0.717, 1.165) is 18.8 Å². The van der Waals surface area contributed by atoms with Gasteiger partial charge in [0, 0.05) is 6.54 Å². The minimum Gasteiger partial charge on any atom is -0.342 e. The number of ketones is 1. The highest BCUT2D eigenvalue weighted by Gasteiger charge is 2.18. The predicted octanol–water partition coefficient (Wildman–Crippen LogP) is 2.44. The Balaban J connectivity index is 2.07. The molecule has 0 aliphatic heterocycles. The van der Waals surface area contributed by atoms with E-state index in [-0.39, 0.29) is 17.7 Å². The van der Waals surface area contributed by atoms with Crippen molar-refractivity contribution in [2.45, 2.75) is 39.8 Å². The van der Waals surface area contributed by atoms with Crippen LogP contribution in [0, 0.1) is 0 Å². The average molecular weight is 306 g/mol. The number of rotatable bonds is 6. The molecule has 0 aromatic carbocycles. The first kappa shape index (κ1) is 15.4. The van der Waals surface area contributed by atoms with Crippen LogP contribution in [0.25, 0.3) is 0 Å². The zero-order valence-electron chi connectivity index (χ0n) is 12.3. The third kappa shape index (κ3) is 3.55. The molecule has 7 heteroatoms. The summed E-state index contributed by atoms with van der Waals surface area (Å²) >= 11 is 1.20. The monoisotopic (exact) mass is 306 g/mol. The van der Waals surface area contributed by atoms with Crippen LogP contribution < -0.4 is 5.32 Å². The number of nitrogens with one attached hydrogen (secondary N) is 1. The smallest absolute Gasteiger partial charge is 0.261 e. The highest BCUT2D eigenvalue weighted by molar-refractivity contribution is 7.15. The van der Waals surface area contributed by atoms with E-state index >= 15 is 0 Å². The summed E-state index contributed by atoms with van der Waals surface area (Å²) in [5, 5.41) is 7.03. The van der Waals surface area contributed by atoms with E-state index in [4.69, 9.17) is 0 Å². The molecule has 2 aromatic rings. The number of nitrogens with zero attached hydrogens (tertiary/aromatic N) is 3. The molecule has 0 unspecified atom stereocenters. The third-order valence-corrected chi connectivity index (χ3v) is 4.18.